The lowest BCUT2D eigenvalue weighted by Crippen LogP contribution is -2.59. The maximum atomic E-state index is 6.14. The number of methoxy groups -OCH3 is 1. The summed E-state index contributed by atoms with van der Waals surface area (Å²) in [6, 6.07) is 8.13. The van der Waals surface area contributed by atoms with Crippen molar-refractivity contribution in [3.63, 3.8) is 0 Å². The third-order valence-electron chi connectivity index (χ3n) is 4.35. The predicted molar refractivity (Wildman–Crippen MR) is 82.4 cm³/mol. The minimum atomic E-state index is -0.134. The van der Waals surface area contributed by atoms with E-state index in [2.05, 4.69) is 37.9 Å². The molecule has 0 amide bonds. The summed E-state index contributed by atoms with van der Waals surface area (Å²) in [4.78, 5) is 2.29. The quantitative estimate of drug-likeness (QED) is 0.919. The van der Waals surface area contributed by atoms with Crippen LogP contribution in [0.15, 0.2) is 24.3 Å². The minimum absolute atomic E-state index is 0.0614. The number of nitrogens with zero attached hydrogens (tertiary/aromatic N) is 1. The van der Waals surface area contributed by atoms with Crippen molar-refractivity contribution in [2.45, 2.75) is 37.8 Å². The van der Waals surface area contributed by atoms with Gasteiger partial charge in [0.05, 0.1) is 18.2 Å². The van der Waals surface area contributed by atoms with Gasteiger partial charge >= 0.3 is 0 Å². The maximum absolute atomic E-state index is 6.14. The van der Waals surface area contributed by atoms with Crippen molar-refractivity contribution < 1.29 is 9.47 Å². The molecule has 2 rings (SSSR count). The normalized spacial score (nSPS) is 25.2. The zero-order valence-corrected chi connectivity index (χ0v) is 13.0. The molecule has 112 valence electrons. The number of anilines is 1. The molecule has 1 aromatic rings. The first-order valence-corrected chi connectivity index (χ1v) is 7.14. The van der Waals surface area contributed by atoms with Crippen LogP contribution in [0.4, 0.5) is 5.69 Å². The summed E-state index contributed by atoms with van der Waals surface area (Å²) in [7, 11) is 3.80. The molecule has 1 unspecified atom stereocenters. The SMILES string of the molecule is COc1cccc(N(C)C2(CN)CCOC(C)(C)C2)c1. The highest BCUT2D eigenvalue weighted by molar-refractivity contribution is 5.52. The van der Waals surface area contributed by atoms with Crippen molar-refractivity contribution >= 4 is 5.69 Å². The number of rotatable bonds is 4. The molecule has 2 N–H and O–H groups in total. The summed E-state index contributed by atoms with van der Waals surface area (Å²) in [6.07, 6.45) is 1.87. The van der Waals surface area contributed by atoms with Crippen molar-refractivity contribution in [1.82, 2.24) is 0 Å². The van der Waals surface area contributed by atoms with Gasteiger partial charge < -0.3 is 20.1 Å². The van der Waals surface area contributed by atoms with E-state index in [-0.39, 0.29) is 11.1 Å². The number of hydrogen-bond donors (Lipinski definition) is 1. The zero-order chi connectivity index (χ0) is 14.8. The molecule has 1 aliphatic heterocycles. The molecule has 0 spiro atoms. The maximum Gasteiger partial charge on any atom is 0.120 e. The van der Waals surface area contributed by atoms with Crippen LogP contribution < -0.4 is 15.4 Å². The van der Waals surface area contributed by atoms with Crippen molar-refractivity contribution in [3.05, 3.63) is 24.3 Å². The Hall–Kier alpha value is -1.26. The first kappa shape index (κ1) is 15.1. The average molecular weight is 278 g/mol. The Kier molecular flexibility index (Phi) is 4.25. The van der Waals surface area contributed by atoms with Gasteiger partial charge in [-0.25, -0.2) is 0 Å². The van der Waals surface area contributed by atoms with E-state index in [1.54, 1.807) is 7.11 Å². The summed E-state index contributed by atoms with van der Waals surface area (Å²) in [5.41, 5.74) is 7.08. The van der Waals surface area contributed by atoms with Gasteiger partial charge in [0.2, 0.25) is 0 Å². The molecule has 20 heavy (non-hydrogen) atoms. The first-order chi connectivity index (χ1) is 9.42. The third-order valence-corrected chi connectivity index (χ3v) is 4.35. The summed E-state index contributed by atoms with van der Waals surface area (Å²) in [5, 5.41) is 0. The molecular weight excluding hydrogens is 252 g/mol. The molecule has 0 radical (unpaired) electrons. The van der Waals surface area contributed by atoms with E-state index in [4.69, 9.17) is 15.2 Å². The molecule has 0 saturated carbocycles. The number of ether oxygens (including phenoxy) is 2. The lowest BCUT2D eigenvalue weighted by Gasteiger charge is -2.50. The molecule has 1 fully saturated rings. The Labute approximate surface area is 121 Å². The van der Waals surface area contributed by atoms with Crippen LogP contribution in [0.2, 0.25) is 0 Å². The largest absolute Gasteiger partial charge is 0.497 e. The van der Waals surface area contributed by atoms with Crippen LogP contribution in [-0.2, 0) is 4.74 Å². The van der Waals surface area contributed by atoms with Crippen molar-refractivity contribution in [1.29, 1.82) is 0 Å². The standard InChI is InChI=1S/C16H26N2O2/c1-15(2)11-16(12-17,8-9-20-15)18(3)13-6-5-7-14(10-13)19-4/h5-7,10H,8-9,11-12,17H2,1-4H3. The van der Waals surface area contributed by atoms with Crippen LogP contribution >= 0.6 is 0 Å². The number of likely N-dealkylation sites (N-methyl/N-ethyl adjacent to an activating group) is 1. The van der Waals surface area contributed by atoms with Gasteiger partial charge in [-0.15, -0.1) is 0 Å². The molecule has 1 aliphatic rings. The second kappa shape index (κ2) is 5.62. The van der Waals surface area contributed by atoms with Gasteiger partial charge in [0, 0.05) is 38.4 Å². The molecule has 1 heterocycles. The predicted octanol–water partition coefficient (Wildman–Crippen LogP) is 2.42. The van der Waals surface area contributed by atoms with Gasteiger partial charge in [-0.1, -0.05) is 6.07 Å². The molecule has 1 atom stereocenters. The highest BCUT2D eigenvalue weighted by Gasteiger charge is 2.43. The topological polar surface area (TPSA) is 47.7 Å². The van der Waals surface area contributed by atoms with Gasteiger partial charge in [0.25, 0.3) is 0 Å². The number of nitrogens with two attached hydrogens (primary N) is 1. The number of hydrogen-bond acceptors (Lipinski definition) is 4. The van der Waals surface area contributed by atoms with Crippen LogP contribution in [0.25, 0.3) is 0 Å². The summed E-state index contributed by atoms with van der Waals surface area (Å²) >= 11 is 0. The highest BCUT2D eigenvalue weighted by Crippen LogP contribution is 2.38. The Morgan fingerprint density at radius 2 is 2.15 bits per heavy atom. The summed E-state index contributed by atoms with van der Waals surface area (Å²) < 4.78 is 11.2. The lowest BCUT2D eigenvalue weighted by molar-refractivity contribution is -0.0786. The minimum Gasteiger partial charge on any atom is -0.497 e. The second-order valence-corrected chi connectivity index (χ2v) is 6.22. The van der Waals surface area contributed by atoms with E-state index in [9.17, 15) is 0 Å². The van der Waals surface area contributed by atoms with Crippen LogP contribution in [0.5, 0.6) is 5.75 Å². The second-order valence-electron chi connectivity index (χ2n) is 6.22. The molecule has 4 heteroatoms. The monoisotopic (exact) mass is 278 g/mol. The van der Waals surface area contributed by atoms with E-state index in [0.717, 1.165) is 30.9 Å². The van der Waals surface area contributed by atoms with Gasteiger partial charge in [-0.3, -0.25) is 0 Å². The van der Waals surface area contributed by atoms with Gasteiger partial charge in [-0.05, 0) is 32.4 Å². The Morgan fingerprint density at radius 3 is 2.75 bits per heavy atom. The summed E-state index contributed by atoms with van der Waals surface area (Å²) in [6.45, 7) is 5.64. The van der Waals surface area contributed by atoms with Crippen LogP contribution in [0.1, 0.15) is 26.7 Å². The van der Waals surface area contributed by atoms with Crippen molar-refractivity contribution in [3.8, 4) is 5.75 Å². The van der Waals surface area contributed by atoms with E-state index in [0.29, 0.717) is 6.54 Å². The smallest absolute Gasteiger partial charge is 0.120 e. The number of benzene rings is 1. The van der Waals surface area contributed by atoms with Crippen molar-refractivity contribution in [2.24, 2.45) is 5.73 Å². The molecule has 1 aromatic carbocycles. The fourth-order valence-corrected chi connectivity index (χ4v) is 3.14. The van der Waals surface area contributed by atoms with Crippen LogP contribution in [-0.4, -0.2) is 38.4 Å². The van der Waals surface area contributed by atoms with Crippen LogP contribution in [0.3, 0.4) is 0 Å². The van der Waals surface area contributed by atoms with E-state index >= 15 is 0 Å². The Morgan fingerprint density at radius 1 is 1.40 bits per heavy atom. The molecular formula is C16H26N2O2. The molecule has 0 aliphatic carbocycles. The zero-order valence-electron chi connectivity index (χ0n) is 13.0. The van der Waals surface area contributed by atoms with Gasteiger partial charge in [0.1, 0.15) is 5.75 Å². The average Bonchev–Trinajstić information content (AvgIpc) is 2.45. The van der Waals surface area contributed by atoms with E-state index in [1.165, 1.54) is 0 Å². The molecule has 0 bridgehead atoms. The fraction of sp³-hybridized carbons (Fsp3) is 0.625. The Balaban J connectivity index is 2.30. The third kappa shape index (κ3) is 2.91. The lowest BCUT2D eigenvalue weighted by atomic mass is 9.80. The highest BCUT2D eigenvalue weighted by atomic mass is 16.5. The van der Waals surface area contributed by atoms with Gasteiger partial charge in [-0.2, -0.15) is 0 Å². The van der Waals surface area contributed by atoms with Crippen molar-refractivity contribution in [2.75, 3.05) is 32.2 Å². The van der Waals surface area contributed by atoms with E-state index < -0.39 is 0 Å². The fourth-order valence-electron chi connectivity index (χ4n) is 3.14. The molecule has 1 saturated heterocycles. The first-order valence-electron chi connectivity index (χ1n) is 7.14. The van der Waals surface area contributed by atoms with Crippen LogP contribution in [0, 0.1) is 0 Å². The Bertz CT molecular complexity index is 462. The van der Waals surface area contributed by atoms with Gasteiger partial charge in [0.15, 0.2) is 0 Å². The van der Waals surface area contributed by atoms with E-state index in [1.807, 2.05) is 12.1 Å². The summed E-state index contributed by atoms with van der Waals surface area (Å²) in [5.74, 6) is 0.868. The molecule has 4 nitrogen and oxygen atoms in total. The molecule has 0 aromatic heterocycles.